The Bertz CT molecular complexity index is 1250. The van der Waals surface area contributed by atoms with Gasteiger partial charge in [0.1, 0.15) is 20.9 Å². The summed E-state index contributed by atoms with van der Waals surface area (Å²) in [5.41, 5.74) is -3.55. The summed E-state index contributed by atoms with van der Waals surface area (Å²) in [5, 5.41) is 21.5. The first kappa shape index (κ1) is 19.1. The number of amides is 1. The Balaban J connectivity index is 1.95. The number of fused-ring (bicyclic) bond motifs is 1. The van der Waals surface area contributed by atoms with Crippen LogP contribution in [-0.2, 0) is 10.5 Å². The molecule has 1 aromatic heterocycles. The highest BCUT2D eigenvalue weighted by atomic mass is 35.5. The van der Waals surface area contributed by atoms with E-state index in [4.69, 9.17) is 16.9 Å². The molecule has 29 heavy (non-hydrogen) atoms. The number of thiophene rings is 1. The second kappa shape index (κ2) is 6.65. The van der Waals surface area contributed by atoms with Gasteiger partial charge in [0.15, 0.2) is 0 Å². The molecule has 0 bridgehead atoms. The molecular formula is C20H9ClF2N2O3S. The lowest BCUT2D eigenvalue weighted by Gasteiger charge is -2.28. The van der Waals surface area contributed by atoms with Crippen molar-refractivity contribution in [2.24, 2.45) is 0 Å². The van der Waals surface area contributed by atoms with Gasteiger partial charge >= 0.3 is 0 Å². The number of alkyl halides is 1. The molecule has 0 saturated heterocycles. The lowest BCUT2D eigenvalue weighted by Crippen LogP contribution is -2.47. The van der Waals surface area contributed by atoms with Crippen molar-refractivity contribution in [3.05, 3.63) is 69.3 Å². The number of benzene rings is 2. The predicted octanol–water partition coefficient (Wildman–Crippen LogP) is 4.78. The largest absolute Gasteiger partial charge is 0.507 e. The molecule has 1 unspecified atom stereocenters. The number of hydrogen-bond donors (Lipinski definition) is 2. The number of Topliss-reactive ketones (excluding diaryl/α,β-unsaturated/α-hetero) is 1. The molecule has 9 heteroatoms. The number of hydrogen-bond acceptors (Lipinski definition) is 5. The van der Waals surface area contributed by atoms with Gasteiger partial charge < -0.3 is 10.4 Å². The van der Waals surface area contributed by atoms with E-state index in [1.807, 2.05) is 6.07 Å². The molecule has 0 spiro atoms. The van der Waals surface area contributed by atoms with Crippen molar-refractivity contribution in [1.82, 2.24) is 0 Å². The lowest BCUT2D eigenvalue weighted by molar-refractivity contribution is -0.125. The molecule has 0 saturated carbocycles. The van der Waals surface area contributed by atoms with Gasteiger partial charge in [0.25, 0.3) is 11.6 Å². The number of aromatic hydroxyl groups is 1. The average Bonchev–Trinajstić information content (AvgIpc) is 3.01. The van der Waals surface area contributed by atoms with Crippen molar-refractivity contribution in [3.8, 4) is 22.9 Å². The number of carbonyl (C=O) groups is 2. The Morgan fingerprint density at radius 2 is 1.93 bits per heavy atom. The summed E-state index contributed by atoms with van der Waals surface area (Å²) in [4.78, 5) is 25.7. The Labute approximate surface area is 171 Å². The van der Waals surface area contributed by atoms with Crippen LogP contribution in [0.3, 0.4) is 0 Å². The Morgan fingerprint density at radius 1 is 1.17 bits per heavy atom. The van der Waals surface area contributed by atoms with Gasteiger partial charge in [-0.05, 0) is 24.3 Å². The van der Waals surface area contributed by atoms with E-state index in [9.17, 15) is 19.1 Å². The van der Waals surface area contributed by atoms with E-state index in [1.54, 1.807) is 0 Å². The number of nitrogens with zero attached hydrogens (tertiary/aromatic N) is 1. The van der Waals surface area contributed by atoms with Crippen molar-refractivity contribution in [2.45, 2.75) is 5.67 Å². The smallest absolute Gasteiger partial charge is 0.276 e. The first-order chi connectivity index (χ1) is 13.8. The van der Waals surface area contributed by atoms with Gasteiger partial charge in [-0.1, -0.05) is 23.7 Å². The maximum Gasteiger partial charge on any atom is 0.276 e. The van der Waals surface area contributed by atoms with Crippen LogP contribution in [0.1, 0.15) is 21.5 Å². The third-order valence-corrected chi connectivity index (χ3v) is 5.88. The lowest BCUT2D eigenvalue weighted by atomic mass is 9.82. The van der Waals surface area contributed by atoms with Crippen LogP contribution in [0, 0.1) is 17.1 Å². The number of carbonyl (C=O) groups excluding carboxylic acids is 2. The number of phenolic OH excluding ortho intramolecular Hbond substituents is 1. The monoisotopic (exact) mass is 430 g/mol. The summed E-state index contributed by atoms with van der Waals surface area (Å²) in [5.74, 6) is -3.60. The molecule has 0 radical (unpaired) electrons. The second-order valence-corrected chi connectivity index (χ2v) is 7.87. The van der Waals surface area contributed by atoms with Crippen molar-refractivity contribution >= 4 is 39.6 Å². The van der Waals surface area contributed by atoms with Gasteiger partial charge in [-0.25, -0.2) is 8.78 Å². The molecule has 1 aliphatic rings. The van der Waals surface area contributed by atoms with Gasteiger partial charge in [-0.15, -0.1) is 11.3 Å². The number of anilines is 1. The molecule has 0 aliphatic carbocycles. The van der Waals surface area contributed by atoms with E-state index in [1.165, 1.54) is 24.3 Å². The number of ketones is 1. The van der Waals surface area contributed by atoms with Gasteiger partial charge in [0.05, 0.1) is 17.2 Å². The maximum absolute atomic E-state index is 15.9. The third kappa shape index (κ3) is 2.78. The Hall–Kier alpha value is -3.28. The minimum atomic E-state index is -3.10. The molecule has 2 N–H and O–H groups in total. The van der Waals surface area contributed by atoms with Crippen LogP contribution in [0.5, 0.6) is 5.75 Å². The van der Waals surface area contributed by atoms with Crippen LogP contribution in [0.4, 0.5) is 13.8 Å². The fourth-order valence-corrected chi connectivity index (χ4v) is 4.56. The van der Waals surface area contributed by atoms with Crippen LogP contribution >= 0.6 is 22.9 Å². The van der Waals surface area contributed by atoms with Crippen LogP contribution in [0.25, 0.3) is 11.1 Å². The number of phenols is 1. The zero-order chi connectivity index (χ0) is 20.9. The molecule has 1 amide bonds. The van der Waals surface area contributed by atoms with E-state index in [0.717, 1.165) is 29.5 Å². The zero-order valence-electron chi connectivity index (χ0n) is 14.3. The van der Waals surface area contributed by atoms with Crippen molar-refractivity contribution < 1.29 is 23.5 Å². The molecule has 0 fully saturated rings. The highest BCUT2D eigenvalue weighted by Crippen LogP contribution is 2.51. The summed E-state index contributed by atoms with van der Waals surface area (Å²) in [7, 11) is 0. The minimum Gasteiger partial charge on any atom is -0.507 e. The summed E-state index contributed by atoms with van der Waals surface area (Å²) in [6.07, 6.45) is 0. The normalized spacial score (nSPS) is 18.1. The van der Waals surface area contributed by atoms with Crippen LogP contribution in [0.2, 0.25) is 4.34 Å². The number of nitrogens with one attached hydrogen (secondary N) is 1. The Morgan fingerprint density at radius 3 is 2.62 bits per heavy atom. The fourth-order valence-electron chi connectivity index (χ4n) is 3.19. The van der Waals surface area contributed by atoms with Crippen molar-refractivity contribution in [3.63, 3.8) is 0 Å². The van der Waals surface area contributed by atoms with Gasteiger partial charge in [-0.2, -0.15) is 5.26 Å². The van der Waals surface area contributed by atoms with Crippen LogP contribution < -0.4 is 5.32 Å². The quantitative estimate of drug-likeness (QED) is 0.572. The Kier molecular flexibility index (Phi) is 4.37. The summed E-state index contributed by atoms with van der Waals surface area (Å²) < 4.78 is 29.3. The maximum atomic E-state index is 15.9. The first-order valence-corrected chi connectivity index (χ1v) is 9.33. The molecule has 2 heterocycles. The minimum absolute atomic E-state index is 0.00682. The van der Waals surface area contributed by atoms with Gasteiger partial charge in [0.2, 0.25) is 5.78 Å². The van der Waals surface area contributed by atoms with Crippen molar-refractivity contribution in [1.29, 1.82) is 5.26 Å². The van der Waals surface area contributed by atoms with E-state index in [-0.39, 0.29) is 37.2 Å². The number of nitriles is 1. The van der Waals surface area contributed by atoms with E-state index in [0.29, 0.717) is 0 Å². The van der Waals surface area contributed by atoms with Gasteiger partial charge in [0, 0.05) is 22.8 Å². The topological polar surface area (TPSA) is 90.2 Å². The van der Waals surface area contributed by atoms with Gasteiger partial charge in [-0.3, -0.25) is 9.59 Å². The molecule has 3 aromatic rings. The van der Waals surface area contributed by atoms with Crippen LogP contribution in [-0.4, -0.2) is 16.8 Å². The third-order valence-electron chi connectivity index (χ3n) is 4.56. The van der Waals surface area contributed by atoms with E-state index in [2.05, 4.69) is 5.32 Å². The summed E-state index contributed by atoms with van der Waals surface area (Å²) in [6, 6.07) is 10.0. The fraction of sp³-hybridized carbons (Fsp3) is 0.0500. The highest BCUT2D eigenvalue weighted by Gasteiger charge is 2.54. The average molecular weight is 431 g/mol. The molecule has 1 aliphatic heterocycles. The summed E-state index contributed by atoms with van der Waals surface area (Å²) in [6.45, 7) is 0. The number of rotatable bonds is 2. The zero-order valence-corrected chi connectivity index (χ0v) is 15.9. The molecular weight excluding hydrogens is 422 g/mol. The highest BCUT2D eigenvalue weighted by molar-refractivity contribution is 7.21. The molecule has 1 atom stereocenters. The second-order valence-electron chi connectivity index (χ2n) is 6.25. The number of halogens is 3. The summed E-state index contributed by atoms with van der Waals surface area (Å²) >= 11 is 7.05. The standard InChI is InChI=1S/C20H9ClF2N2O3S/c21-17-14(12-5-4-11(22)7-13(12)26)15-16(27)20(23,19(28)25-18(15)29-17)10-3-1-2-9(6-10)8-24/h1-7,26H,(H,25,28). The molecule has 4 rings (SSSR count). The SMILES string of the molecule is N#Cc1cccc(C2(F)C(=O)Nc3sc(Cl)c(-c4ccc(F)cc4O)c3C2=O)c1. The van der Waals surface area contributed by atoms with E-state index < -0.39 is 28.9 Å². The molecule has 144 valence electrons. The molecule has 5 nitrogen and oxygen atoms in total. The van der Waals surface area contributed by atoms with Crippen LogP contribution in [0.15, 0.2) is 42.5 Å². The van der Waals surface area contributed by atoms with Crippen molar-refractivity contribution in [2.75, 3.05) is 5.32 Å². The molecule has 2 aromatic carbocycles. The first-order valence-electron chi connectivity index (χ1n) is 8.14. The predicted molar refractivity (Wildman–Crippen MR) is 103 cm³/mol. The van der Waals surface area contributed by atoms with E-state index >= 15 is 4.39 Å².